The third-order valence-electron chi connectivity index (χ3n) is 2.84. The molecule has 1 aromatic heterocycles. The molecule has 3 nitrogen and oxygen atoms in total. The maximum atomic E-state index is 13.5. The SMILES string of the molecule is CC(NC(=O)c1c(F)ccc(F)c1F)c1cncc(F)c1. The summed E-state index contributed by atoms with van der Waals surface area (Å²) in [6.07, 6.45) is 2.27. The summed E-state index contributed by atoms with van der Waals surface area (Å²) in [6.45, 7) is 1.48. The van der Waals surface area contributed by atoms with E-state index in [1.807, 2.05) is 0 Å². The van der Waals surface area contributed by atoms with Crippen molar-refractivity contribution < 1.29 is 22.4 Å². The fourth-order valence-corrected chi connectivity index (χ4v) is 1.75. The third kappa shape index (κ3) is 3.18. The first-order valence-corrected chi connectivity index (χ1v) is 5.95. The number of benzene rings is 1. The molecule has 0 aliphatic rings. The predicted octanol–water partition coefficient (Wildman–Crippen LogP) is 3.13. The van der Waals surface area contributed by atoms with Gasteiger partial charge in [-0.25, -0.2) is 17.6 Å². The van der Waals surface area contributed by atoms with E-state index in [4.69, 9.17) is 0 Å². The molecule has 1 N–H and O–H groups in total. The minimum absolute atomic E-state index is 0.306. The van der Waals surface area contributed by atoms with Crippen LogP contribution in [0.4, 0.5) is 17.6 Å². The van der Waals surface area contributed by atoms with Crippen LogP contribution in [0.1, 0.15) is 28.9 Å². The van der Waals surface area contributed by atoms with Crippen LogP contribution in [0.5, 0.6) is 0 Å². The molecular weight excluding hydrogens is 288 g/mol. The van der Waals surface area contributed by atoms with Gasteiger partial charge in [-0.2, -0.15) is 0 Å². The molecule has 1 aromatic carbocycles. The Bertz CT molecular complexity index is 691. The van der Waals surface area contributed by atoms with Crippen molar-refractivity contribution in [2.75, 3.05) is 0 Å². The summed E-state index contributed by atoms with van der Waals surface area (Å²) in [4.78, 5) is 15.4. The van der Waals surface area contributed by atoms with Gasteiger partial charge < -0.3 is 5.32 Å². The number of nitrogens with one attached hydrogen (secondary N) is 1. The Kier molecular flexibility index (Phi) is 4.21. The van der Waals surface area contributed by atoms with Crippen molar-refractivity contribution in [3.8, 4) is 0 Å². The molecule has 1 atom stereocenters. The van der Waals surface area contributed by atoms with E-state index < -0.39 is 40.8 Å². The molecule has 110 valence electrons. The number of halogens is 4. The molecule has 0 bridgehead atoms. The van der Waals surface area contributed by atoms with Crippen LogP contribution in [0.25, 0.3) is 0 Å². The molecule has 0 saturated carbocycles. The van der Waals surface area contributed by atoms with Gasteiger partial charge >= 0.3 is 0 Å². The van der Waals surface area contributed by atoms with Crippen LogP contribution < -0.4 is 5.32 Å². The van der Waals surface area contributed by atoms with Crippen molar-refractivity contribution in [3.63, 3.8) is 0 Å². The number of rotatable bonds is 3. The highest BCUT2D eigenvalue weighted by Crippen LogP contribution is 2.18. The smallest absolute Gasteiger partial charge is 0.257 e. The van der Waals surface area contributed by atoms with Crippen LogP contribution in [-0.4, -0.2) is 10.9 Å². The van der Waals surface area contributed by atoms with Crippen LogP contribution >= 0.6 is 0 Å². The topological polar surface area (TPSA) is 42.0 Å². The van der Waals surface area contributed by atoms with Gasteiger partial charge in [0.25, 0.3) is 5.91 Å². The van der Waals surface area contributed by atoms with E-state index in [9.17, 15) is 22.4 Å². The molecule has 2 rings (SSSR count). The average molecular weight is 298 g/mol. The fraction of sp³-hybridized carbons (Fsp3) is 0.143. The molecule has 0 fully saturated rings. The summed E-state index contributed by atoms with van der Waals surface area (Å²) >= 11 is 0. The van der Waals surface area contributed by atoms with E-state index in [-0.39, 0.29) is 0 Å². The molecule has 1 heterocycles. The predicted molar refractivity (Wildman–Crippen MR) is 66.4 cm³/mol. The van der Waals surface area contributed by atoms with E-state index in [0.717, 1.165) is 12.3 Å². The van der Waals surface area contributed by atoms with E-state index in [0.29, 0.717) is 17.7 Å². The zero-order valence-corrected chi connectivity index (χ0v) is 10.8. The van der Waals surface area contributed by atoms with Crippen molar-refractivity contribution >= 4 is 5.91 Å². The zero-order valence-electron chi connectivity index (χ0n) is 10.8. The lowest BCUT2D eigenvalue weighted by molar-refractivity contribution is 0.0930. The second kappa shape index (κ2) is 5.90. The monoisotopic (exact) mass is 298 g/mol. The van der Waals surface area contributed by atoms with Crippen LogP contribution in [0.3, 0.4) is 0 Å². The number of pyridine rings is 1. The number of hydrogen-bond donors (Lipinski definition) is 1. The molecule has 0 radical (unpaired) electrons. The Hall–Kier alpha value is -2.44. The van der Waals surface area contributed by atoms with Crippen molar-refractivity contribution in [3.05, 3.63) is 65.0 Å². The minimum Gasteiger partial charge on any atom is -0.345 e. The lowest BCUT2D eigenvalue weighted by Gasteiger charge is -2.14. The fourth-order valence-electron chi connectivity index (χ4n) is 1.75. The molecule has 2 aromatic rings. The van der Waals surface area contributed by atoms with E-state index >= 15 is 0 Å². The quantitative estimate of drug-likeness (QED) is 0.699. The maximum absolute atomic E-state index is 13.5. The number of hydrogen-bond acceptors (Lipinski definition) is 2. The van der Waals surface area contributed by atoms with E-state index in [1.165, 1.54) is 13.1 Å². The largest absolute Gasteiger partial charge is 0.345 e. The molecule has 7 heteroatoms. The summed E-state index contributed by atoms with van der Waals surface area (Å²) in [5, 5.41) is 2.26. The van der Waals surface area contributed by atoms with Gasteiger partial charge in [-0.1, -0.05) is 0 Å². The number of amides is 1. The first-order chi connectivity index (χ1) is 9.90. The van der Waals surface area contributed by atoms with Gasteiger partial charge in [0.2, 0.25) is 0 Å². The Morgan fingerprint density at radius 2 is 1.81 bits per heavy atom. The Labute approximate surface area is 117 Å². The Morgan fingerprint density at radius 1 is 1.14 bits per heavy atom. The van der Waals surface area contributed by atoms with Gasteiger partial charge in [0.05, 0.1) is 12.2 Å². The molecule has 1 amide bonds. The van der Waals surface area contributed by atoms with Gasteiger partial charge in [0, 0.05) is 6.20 Å². The molecular formula is C14H10F4N2O. The molecule has 0 aliphatic carbocycles. The normalized spacial score (nSPS) is 12.0. The van der Waals surface area contributed by atoms with Gasteiger partial charge in [0.1, 0.15) is 17.2 Å². The van der Waals surface area contributed by atoms with Gasteiger partial charge in [-0.3, -0.25) is 9.78 Å². The Morgan fingerprint density at radius 3 is 2.48 bits per heavy atom. The van der Waals surface area contributed by atoms with Crippen LogP contribution in [-0.2, 0) is 0 Å². The highest BCUT2D eigenvalue weighted by molar-refractivity contribution is 5.95. The highest BCUT2D eigenvalue weighted by atomic mass is 19.2. The molecule has 21 heavy (non-hydrogen) atoms. The van der Waals surface area contributed by atoms with Crippen molar-refractivity contribution in [1.29, 1.82) is 0 Å². The average Bonchev–Trinajstić information content (AvgIpc) is 2.43. The van der Waals surface area contributed by atoms with Crippen molar-refractivity contribution in [2.45, 2.75) is 13.0 Å². The molecule has 0 aliphatic heterocycles. The second-order valence-electron chi connectivity index (χ2n) is 4.35. The number of aromatic nitrogens is 1. The number of nitrogens with zero attached hydrogens (tertiary/aromatic N) is 1. The van der Waals surface area contributed by atoms with E-state index in [2.05, 4.69) is 10.3 Å². The van der Waals surface area contributed by atoms with E-state index in [1.54, 1.807) is 0 Å². The third-order valence-corrected chi connectivity index (χ3v) is 2.84. The first kappa shape index (κ1) is 15.0. The lowest BCUT2D eigenvalue weighted by Crippen LogP contribution is -2.28. The number of carbonyl (C=O) groups is 1. The number of carbonyl (C=O) groups excluding carboxylic acids is 1. The summed E-state index contributed by atoms with van der Waals surface area (Å²) < 4.78 is 53.0. The summed E-state index contributed by atoms with van der Waals surface area (Å²) in [5.41, 5.74) is -0.716. The Balaban J connectivity index is 2.24. The molecule has 1 unspecified atom stereocenters. The van der Waals surface area contributed by atoms with Gasteiger partial charge in [-0.05, 0) is 30.7 Å². The molecule has 0 saturated heterocycles. The highest BCUT2D eigenvalue weighted by Gasteiger charge is 2.22. The molecule has 0 spiro atoms. The van der Waals surface area contributed by atoms with Crippen molar-refractivity contribution in [1.82, 2.24) is 10.3 Å². The first-order valence-electron chi connectivity index (χ1n) is 5.95. The van der Waals surface area contributed by atoms with Crippen LogP contribution in [0.15, 0.2) is 30.6 Å². The zero-order chi connectivity index (χ0) is 15.6. The van der Waals surface area contributed by atoms with Crippen molar-refractivity contribution in [2.24, 2.45) is 0 Å². The van der Waals surface area contributed by atoms with Crippen LogP contribution in [0, 0.1) is 23.3 Å². The second-order valence-corrected chi connectivity index (χ2v) is 4.35. The standard InChI is InChI=1S/C14H10F4N2O/c1-7(8-4-9(15)6-19-5-8)20-14(21)12-10(16)2-3-11(17)13(12)18/h2-7H,1H3,(H,20,21). The minimum atomic E-state index is -1.57. The summed E-state index contributed by atoms with van der Waals surface area (Å²) in [5.74, 6) is -5.84. The van der Waals surface area contributed by atoms with Gasteiger partial charge in [-0.15, -0.1) is 0 Å². The summed E-state index contributed by atoms with van der Waals surface area (Å²) in [7, 11) is 0. The van der Waals surface area contributed by atoms with Gasteiger partial charge in [0.15, 0.2) is 11.6 Å². The lowest BCUT2D eigenvalue weighted by atomic mass is 10.1. The van der Waals surface area contributed by atoms with Crippen LogP contribution in [0.2, 0.25) is 0 Å². The maximum Gasteiger partial charge on any atom is 0.257 e. The summed E-state index contributed by atoms with van der Waals surface area (Å²) in [6, 6.07) is 1.60.